The molecule has 2 aromatic heterocycles. The quantitative estimate of drug-likeness (QED) is 0.395. The number of hydrogen-bond donors (Lipinski definition) is 1. The summed E-state index contributed by atoms with van der Waals surface area (Å²) in [4.78, 5) is 28.1. The number of hydrogen-bond acceptors (Lipinski definition) is 3. The van der Waals surface area contributed by atoms with Crippen molar-refractivity contribution < 1.29 is 18.7 Å². The van der Waals surface area contributed by atoms with Crippen LogP contribution in [0.15, 0.2) is 60.8 Å². The highest BCUT2D eigenvalue weighted by Gasteiger charge is 2.20. The van der Waals surface area contributed by atoms with Crippen molar-refractivity contribution in [3.8, 4) is 5.69 Å². The van der Waals surface area contributed by atoms with Crippen LogP contribution in [0.2, 0.25) is 0 Å². The van der Waals surface area contributed by atoms with Crippen molar-refractivity contribution in [1.82, 2.24) is 9.55 Å². The number of nitrogens with one attached hydrogen (secondary N) is 1. The minimum Gasteiger partial charge on any atom is -0.454 e. The van der Waals surface area contributed by atoms with E-state index in [9.17, 15) is 14.0 Å². The van der Waals surface area contributed by atoms with Gasteiger partial charge in [-0.15, -0.1) is 0 Å². The Bertz CT molecular complexity index is 1220. The summed E-state index contributed by atoms with van der Waals surface area (Å²) in [5, 5.41) is 0.749. The van der Waals surface area contributed by atoms with Gasteiger partial charge in [0.2, 0.25) is 5.78 Å². The lowest BCUT2D eigenvalue weighted by Crippen LogP contribution is -2.15. The summed E-state index contributed by atoms with van der Waals surface area (Å²) in [6, 6.07) is 15.2. The number of ether oxygens (including phenoxy) is 1. The largest absolute Gasteiger partial charge is 0.454 e. The normalized spacial score (nSPS) is 11.0. The summed E-state index contributed by atoms with van der Waals surface area (Å²) in [6.45, 7) is 3.32. The molecule has 0 bridgehead atoms. The number of halogens is 1. The highest BCUT2D eigenvalue weighted by molar-refractivity contribution is 6.05. The van der Waals surface area contributed by atoms with Gasteiger partial charge < -0.3 is 14.3 Å². The molecule has 0 aliphatic carbocycles. The van der Waals surface area contributed by atoms with Gasteiger partial charge in [-0.3, -0.25) is 4.79 Å². The average molecular weight is 390 g/mol. The smallest absolute Gasteiger partial charge is 0.340 e. The van der Waals surface area contributed by atoms with E-state index in [0.717, 1.165) is 22.3 Å². The Kier molecular flexibility index (Phi) is 4.76. The zero-order valence-corrected chi connectivity index (χ0v) is 16.0. The number of carbonyl (C=O) groups excluding carboxylic acids is 2. The maximum atomic E-state index is 13.2. The SMILES string of the molecule is Cc1cc(C(=O)COC(=O)c2c[nH]c3ccccc23)c(C)n1-c1ccc(F)cc1. The average Bonchev–Trinajstić information content (AvgIpc) is 3.28. The summed E-state index contributed by atoms with van der Waals surface area (Å²) in [5.41, 5.74) is 4.00. The van der Waals surface area contributed by atoms with Crippen LogP contribution in [-0.4, -0.2) is 27.9 Å². The maximum Gasteiger partial charge on any atom is 0.340 e. The molecule has 0 amide bonds. The molecule has 29 heavy (non-hydrogen) atoms. The third kappa shape index (κ3) is 3.45. The number of para-hydroxylation sites is 1. The molecule has 146 valence electrons. The predicted octanol–water partition coefficient (Wildman–Crippen LogP) is 4.75. The molecule has 0 fully saturated rings. The third-order valence-electron chi connectivity index (χ3n) is 4.96. The second kappa shape index (κ2) is 7.39. The van der Waals surface area contributed by atoms with Gasteiger partial charge in [0.15, 0.2) is 6.61 Å². The molecular formula is C23H19FN2O3. The minimum absolute atomic E-state index is 0.292. The van der Waals surface area contributed by atoms with E-state index in [1.54, 1.807) is 24.4 Å². The summed E-state index contributed by atoms with van der Waals surface area (Å²) >= 11 is 0. The van der Waals surface area contributed by atoms with Gasteiger partial charge in [-0.1, -0.05) is 18.2 Å². The Morgan fingerprint density at radius 1 is 1.03 bits per heavy atom. The fourth-order valence-corrected chi connectivity index (χ4v) is 3.56. The number of nitrogens with zero attached hydrogens (tertiary/aromatic N) is 1. The highest BCUT2D eigenvalue weighted by atomic mass is 19.1. The van der Waals surface area contributed by atoms with Gasteiger partial charge in [-0.25, -0.2) is 9.18 Å². The third-order valence-corrected chi connectivity index (χ3v) is 4.96. The van der Waals surface area contributed by atoms with Crippen LogP contribution < -0.4 is 0 Å². The van der Waals surface area contributed by atoms with Crippen molar-refractivity contribution in [2.24, 2.45) is 0 Å². The van der Waals surface area contributed by atoms with Gasteiger partial charge in [0.1, 0.15) is 5.82 Å². The lowest BCUT2D eigenvalue weighted by atomic mass is 10.1. The van der Waals surface area contributed by atoms with Crippen LogP contribution in [0.25, 0.3) is 16.6 Å². The van der Waals surface area contributed by atoms with Crippen LogP contribution in [0.3, 0.4) is 0 Å². The van der Waals surface area contributed by atoms with E-state index >= 15 is 0 Å². The summed E-state index contributed by atoms with van der Waals surface area (Å²) in [5.74, 6) is -1.17. The number of fused-ring (bicyclic) bond motifs is 1. The zero-order valence-electron chi connectivity index (χ0n) is 16.0. The van der Waals surface area contributed by atoms with E-state index in [2.05, 4.69) is 4.98 Å². The van der Waals surface area contributed by atoms with Gasteiger partial charge >= 0.3 is 5.97 Å². The van der Waals surface area contributed by atoms with Gasteiger partial charge in [-0.05, 0) is 50.2 Å². The van der Waals surface area contributed by atoms with E-state index in [1.165, 1.54) is 12.1 Å². The lowest BCUT2D eigenvalue weighted by molar-refractivity contribution is 0.0476. The topological polar surface area (TPSA) is 64.1 Å². The Balaban J connectivity index is 1.52. The van der Waals surface area contributed by atoms with Crippen LogP contribution >= 0.6 is 0 Å². The summed E-state index contributed by atoms with van der Waals surface area (Å²) in [7, 11) is 0. The molecule has 6 heteroatoms. The number of aromatic amines is 1. The van der Waals surface area contributed by atoms with Crippen molar-refractivity contribution in [3.05, 3.63) is 89.1 Å². The molecule has 0 radical (unpaired) electrons. The molecule has 0 unspecified atom stereocenters. The Labute approximate surface area is 166 Å². The molecule has 0 aliphatic rings. The summed E-state index contributed by atoms with van der Waals surface area (Å²) in [6.07, 6.45) is 1.58. The van der Waals surface area contributed by atoms with Crippen LogP contribution in [-0.2, 0) is 4.74 Å². The van der Waals surface area contributed by atoms with Crippen LogP contribution in [0.5, 0.6) is 0 Å². The molecular weight excluding hydrogens is 371 g/mol. The molecule has 0 saturated heterocycles. The Morgan fingerprint density at radius 3 is 2.52 bits per heavy atom. The number of aryl methyl sites for hydroxylation is 1. The van der Waals surface area contributed by atoms with Crippen molar-refractivity contribution in [1.29, 1.82) is 0 Å². The predicted molar refractivity (Wildman–Crippen MR) is 108 cm³/mol. The first kappa shape index (κ1) is 18.7. The van der Waals surface area contributed by atoms with Crippen LogP contribution in [0.4, 0.5) is 4.39 Å². The number of H-pyrrole nitrogens is 1. The molecule has 0 spiro atoms. The second-order valence-corrected chi connectivity index (χ2v) is 6.84. The van der Waals surface area contributed by atoms with Gasteiger partial charge in [0.25, 0.3) is 0 Å². The molecule has 0 aliphatic heterocycles. The first-order chi connectivity index (χ1) is 14.0. The first-order valence-electron chi connectivity index (χ1n) is 9.17. The Morgan fingerprint density at radius 2 is 1.76 bits per heavy atom. The number of Topliss-reactive ketones (excluding diaryl/α,β-unsaturated/α-hetero) is 1. The highest BCUT2D eigenvalue weighted by Crippen LogP contribution is 2.22. The van der Waals surface area contributed by atoms with Crippen molar-refractivity contribution in [3.63, 3.8) is 0 Å². The molecule has 2 aromatic carbocycles. The molecule has 4 rings (SSSR count). The van der Waals surface area contributed by atoms with E-state index in [0.29, 0.717) is 16.8 Å². The first-order valence-corrected chi connectivity index (χ1v) is 9.17. The van der Waals surface area contributed by atoms with Crippen LogP contribution in [0.1, 0.15) is 32.1 Å². The maximum absolute atomic E-state index is 13.2. The van der Waals surface area contributed by atoms with Gasteiger partial charge in [0.05, 0.1) is 5.56 Å². The van der Waals surface area contributed by atoms with Gasteiger partial charge in [0, 0.05) is 39.7 Å². The number of ketones is 1. The monoisotopic (exact) mass is 390 g/mol. The van der Waals surface area contributed by atoms with Crippen molar-refractivity contribution in [2.75, 3.05) is 6.61 Å². The number of esters is 1. The second-order valence-electron chi connectivity index (χ2n) is 6.84. The fraction of sp³-hybridized carbons (Fsp3) is 0.130. The van der Waals surface area contributed by atoms with E-state index in [4.69, 9.17) is 4.74 Å². The number of carbonyl (C=O) groups is 2. The lowest BCUT2D eigenvalue weighted by Gasteiger charge is -2.10. The fourth-order valence-electron chi connectivity index (χ4n) is 3.56. The van der Waals surface area contributed by atoms with E-state index < -0.39 is 5.97 Å². The Hall–Kier alpha value is -3.67. The molecule has 1 N–H and O–H groups in total. The minimum atomic E-state index is -0.553. The molecule has 2 heterocycles. The molecule has 5 nitrogen and oxygen atoms in total. The number of aromatic nitrogens is 2. The summed E-state index contributed by atoms with van der Waals surface area (Å²) < 4.78 is 20.4. The van der Waals surface area contributed by atoms with Crippen LogP contribution in [0, 0.1) is 19.7 Å². The number of benzene rings is 2. The molecule has 0 atom stereocenters. The number of rotatable bonds is 5. The molecule has 0 saturated carbocycles. The van der Waals surface area contributed by atoms with E-state index in [-0.39, 0.29) is 18.2 Å². The molecule has 4 aromatic rings. The standard InChI is InChI=1S/C23H19FN2O3/c1-14-11-19(15(2)26(14)17-9-7-16(24)8-10-17)22(27)13-29-23(28)20-12-25-21-6-4-3-5-18(20)21/h3-12,25H,13H2,1-2H3. The van der Waals surface area contributed by atoms with Crippen molar-refractivity contribution in [2.45, 2.75) is 13.8 Å². The van der Waals surface area contributed by atoms with Crippen molar-refractivity contribution >= 4 is 22.7 Å². The van der Waals surface area contributed by atoms with E-state index in [1.807, 2.05) is 42.7 Å². The zero-order chi connectivity index (χ0) is 20.5. The van der Waals surface area contributed by atoms with Gasteiger partial charge in [-0.2, -0.15) is 0 Å².